The number of nitrogens with one attached hydrogen (secondary N) is 5. The predicted molar refractivity (Wildman–Crippen MR) is 140 cm³/mol. The third-order valence-corrected chi connectivity index (χ3v) is 4.18. The van der Waals surface area contributed by atoms with Gasteiger partial charge in [0, 0.05) is 66.0 Å². The van der Waals surface area contributed by atoms with Gasteiger partial charge in [-0.3, -0.25) is 24.0 Å². The zero-order chi connectivity index (χ0) is 27.8. The molecule has 0 spiro atoms. The summed E-state index contributed by atoms with van der Waals surface area (Å²) in [5, 5.41) is 12.5. The molecule has 0 radical (unpaired) electrons. The molecule has 1 aliphatic carbocycles. The highest BCUT2D eigenvalue weighted by molar-refractivity contribution is 5.93. The molecule has 1 aliphatic rings. The fraction of sp³-hybridized carbons (Fsp3) is 0.560. The number of benzene rings is 1. The molecule has 0 aliphatic heterocycles. The van der Waals surface area contributed by atoms with E-state index in [1.54, 1.807) is 47.4 Å². The number of carbonyl (C=O) groups is 5. The first kappa shape index (κ1) is 36.1. The van der Waals surface area contributed by atoms with Crippen LogP contribution in [0.15, 0.2) is 30.3 Å². The van der Waals surface area contributed by atoms with Crippen LogP contribution in [0.5, 0.6) is 0 Å². The Morgan fingerprint density at radius 3 is 1.46 bits per heavy atom. The van der Waals surface area contributed by atoms with Crippen LogP contribution in [0.3, 0.4) is 0 Å². The van der Waals surface area contributed by atoms with Crippen LogP contribution in [-0.2, 0) is 19.2 Å². The van der Waals surface area contributed by atoms with Crippen molar-refractivity contribution in [3.63, 3.8) is 0 Å². The van der Waals surface area contributed by atoms with Crippen molar-refractivity contribution in [1.29, 1.82) is 0 Å². The summed E-state index contributed by atoms with van der Waals surface area (Å²) in [6, 6.07) is 9.11. The van der Waals surface area contributed by atoms with Crippen molar-refractivity contribution >= 4 is 29.5 Å². The van der Waals surface area contributed by atoms with E-state index in [0.29, 0.717) is 17.9 Å². The van der Waals surface area contributed by atoms with E-state index in [2.05, 4.69) is 26.6 Å². The second-order valence-electron chi connectivity index (χ2n) is 7.44. The van der Waals surface area contributed by atoms with E-state index in [1.165, 1.54) is 6.92 Å². The Hall–Kier alpha value is -3.43. The summed E-state index contributed by atoms with van der Waals surface area (Å²) in [6.07, 6.45) is 2.77. The highest BCUT2D eigenvalue weighted by Crippen LogP contribution is 2.28. The van der Waals surface area contributed by atoms with Gasteiger partial charge in [-0.2, -0.15) is 0 Å². The molecule has 1 aromatic carbocycles. The van der Waals surface area contributed by atoms with E-state index in [-0.39, 0.29) is 35.5 Å². The number of hydrogen-bond donors (Lipinski definition) is 5. The maximum atomic E-state index is 10.9. The molecule has 1 fully saturated rings. The standard InChI is InChI=1S/C8H9NO.C5H9NO.C5H11NO.C4H9NO.C3H7NO/c1-9-8(10)7-5-3-2-4-6-7;1-6-5(7)4-2-3-4;1-4(2)5(7)6-3;1-3-4(6)5-2;1-3(5)4-2/h2-6H,1H3,(H,9,10);4H,2-3H2,1H3,(H,6,7);4H,1-3H3,(H,6,7);3H2,1-2H3,(H,5,6);1-2H3,(H,4,5). The molecule has 10 heteroatoms. The van der Waals surface area contributed by atoms with Gasteiger partial charge >= 0.3 is 0 Å². The largest absolute Gasteiger partial charge is 0.359 e. The van der Waals surface area contributed by atoms with Crippen molar-refractivity contribution in [3.05, 3.63) is 35.9 Å². The molecular formula is C25H45N5O5. The first-order valence-electron chi connectivity index (χ1n) is 11.5. The Kier molecular flexibility index (Phi) is 24.5. The Labute approximate surface area is 210 Å². The van der Waals surface area contributed by atoms with Gasteiger partial charge in [0.05, 0.1) is 0 Å². The monoisotopic (exact) mass is 495 g/mol. The number of hydrogen-bond acceptors (Lipinski definition) is 5. The van der Waals surface area contributed by atoms with Gasteiger partial charge in [-0.15, -0.1) is 0 Å². The molecule has 0 unspecified atom stereocenters. The van der Waals surface area contributed by atoms with E-state index >= 15 is 0 Å². The maximum absolute atomic E-state index is 10.9. The molecule has 0 bridgehead atoms. The summed E-state index contributed by atoms with van der Waals surface area (Å²) in [6.45, 7) is 7.01. The van der Waals surface area contributed by atoms with E-state index in [4.69, 9.17) is 0 Å². The lowest BCUT2D eigenvalue weighted by Gasteiger charge is -1.98. The summed E-state index contributed by atoms with van der Waals surface area (Å²) >= 11 is 0. The van der Waals surface area contributed by atoms with Crippen LogP contribution in [0.4, 0.5) is 0 Å². The van der Waals surface area contributed by atoms with Crippen LogP contribution in [0, 0.1) is 11.8 Å². The summed E-state index contributed by atoms with van der Waals surface area (Å²) in [5.41, 5.74) is 0.699. The van der Waals surface area contributed by atoms with Crippen LogP contribution in [0.2, 0.25) is 0 Å². The van der Waals surface area contributed by atoms with Crippen molar-refractivity contribution in [2.24, 2.45) is 11.8 Å². The minimum absolute atomic E-state index is 0.00463. The van der Waals surface area contributed by atoms with Gasteiger partial charge < -0.3 is 26.6 Å². The molecule has 1 aromatic rings. The minimum atomic E-state index is -0.0411. The summed E-state index contributed by atoms with van der Waals surface area (Å²) in [7, 11) is 8.17. The maximum Gasteiger partial charge on any atom is 0.251 e. The normalized spacial score (nSPS) is 10.5. The predicted octanol–water partition coefficient (Wildman–Crippen LogP) is 1.47. The van der Waals surface area contributed by atoms with Crippen molar-refractivity contribution in [2.75, 3.05) is 35.2 Å². The number of carbonyl (C=O) groups excluding carboxylic acids is 5. The third-order valence-electron chi connectivity index (χ3n) is 4.18. The fourth-order valence-corrected chi connectivity index (χ4v) is 1.75. The molecule has 0 atom stereocenters. The minimum Gasteiger partial charge on any atom is -0.359 e. The molecule has 10 nitrogen and oxygen atoms in total. The molecule has 5 amide bonds. The quantitative estimate of drug-likeness (QED) is 0.429. The summed E-state index contributed by atoms with van der Waals surface area (Å²) in [5.74, 6) is 0.843. The lowest BCUT2D eigenvalue weighted by atomic mass is 10.2. The SMILES string of the molecule is CCC(=O)NC.CNC(=O)C(C)C.CNC(=O)C1CC1.CNC(=O)c1ccccc1.CNC(C)=O. The molecule has 200 valence electrons. The van der Waals surface area contributed by atoms with E-state index < -0.39 is 0 Å². The second-order valence-corrected chi connectivity index (χ2v) is 7.44. The van der Waals surface area contributed by atoms with Crippen LogP contribution >= 0.6 is 0 Å². The first-order valence-corrected chi connectivity index (χ1v) is 11.5. The van der Waals surface area contributed by atoms with E-state index in [1.807, 2.05) is 39.0 Å². The molecule has 0 aromatic heterocycles. The zero-order valence-corrected chi connectivity index (χ0v) is 22.7. The Morgan fingerprint density at radius 1 is 0.800 bits per heavy atom. The zero-order valence-electron chi connectivity index (χ0n) is 22.7. The fourth-order valence-electron chi connectivity index (χ4n) is 1.75. The lowest BCUT2D eigenvalue weighted by molar-refractivity contribution is -0.123. The molecule has 2 rings (SSSR count). The van der Waals surface area contributed by atoms with Gasteiger partial charge in [-0.1, -0.05) is 39.0 Å². The van der Waals surface area contributed by atoms with Crippen molar-refractivity contribution in [2.45, 2.75) is 47.0 Å². The van der Waals surface area contributed by atoms with Gasteiger partial charge in [-0.25, -0.2) is 0 Å². The second kappa shape index (κ2) is 23.7. The van der Waals surface area contributed by atoms with Gasteiger partial charge in [0.1, 0.15) is 0 Å². The Morgan fingerprint density at radius 2 is 1.29 bits per heavy atom. The van der Waals surface area contributed by atoms with Crippen molar-refractivity contribution in [1.82, 2.24) is 26.6 Å². The molecule has 1 saturated carbocycles. The van der Waals surface area contributed by atoms with Gasteiger partial charge in [-0.05, 0) is 25.0 Å². The lowest BCUT2D eigenvalue weighted by Crippen LogP contribution is -2.22. The smallest absolute Gasteiger partial charge is 0.251 e. The van der Waals surface area contributed by atoms with Crippen LogP contribution in [-0.4, -0.2) is 64.8 Å². The van der Waals surface area contributed by atoms with E-state index in [0.717, 1.165) is 12.8 Å². The first-order chi connectivity index (χ1) is 16.4. The topological polar surface area (TPSA) is 146 Å². The molecule has 0 heterocycles. The molecule has 35 heavy (non-hydrogen) atoms. The third kappa shape index (κ3) is 25.0. The Balaban J connectivity index is -0.000000374. The van der Waals surface area contributed by atoms with Crippen LogP contribution in [0.1, 0.15) is 57.3 Å². The van der Waals surface area contributed by atoms with Crippen LogP contribution < -0.4 is 26.6 Å². The molecule has 5 N–H and O–H groups in total. The number of rotatable bonds is 4. The highest BCUT2D eigenvalue weighted by Gasteiger charge is 2.28. The summed E-state index contributed by atoms with van der Waals surface area (Å²) < 4.78 is 0. The van der Waals surface area contributed by atoms with Gasteiger partial charge in [0.25, 0.3) is 5.91 Å². The Bertz CT molecular complexity index is 715. The van der Waals surface area contributed by atoms with Crippen molar-refractivity contribution in [3.8, 4) is 0 Å². The average molecular weight is 496 g/mol. The van der Waals surface area contributed by atoms with Crippen LogP contribution in [0.25, 0.3) is 0 Å². The summed E-state index contributed by atoms with van der Waals surface area (Å²) in [4.78, 5) is 51.5. The van der Waals surface area contributed by atoms with Gasteiger partial charge in [0.2, 0.25) is 23.6 Å². The molecular weight excluding hydrogens is 450 g/mol. The van der Waals surface area contributed by atoms with E-state index in [9.17, 15) is 24.0 Å². The van der Waals surface area contributed by atoms with Crippen molar-refractivity contribution < 1.29 is 24.0 Å². The highest BCUT2D eigenvalue weighted by atomic mass is 16.2. The average Bonchev–Trinajstić information content (AvgIpc) is 3.74. The van der Waals surface area contributed by atoms with Gasteiger partial charge in [0.15, 0.2) is 0 Å². The molecule has 0 saturated heterocycles. The number of amides is 5.